The number of nitrogen functional groups attached to an aromatic ring is 1. The molecule has 0 bridgehead atoms. The molecule has 5 heteroatoms. The number of nitrogens with two attached hydrogens (primary N) is 1. The van der Waals surface area contributed by atoms with E-state index in [1.54, 1.807) is 13.1 Å². The molecule has 122 valence electrons. The standard InChI is InChI=1S/C19H20N4O/c1-23-18(24)13-17(22-19(23)20)12-16-4-2-3-15(11-16)6-5-14-7-9-21-10-8-14/h2-4,7-11,13H,5-6,12H2,1H3,(H2,20,22). The highest BCUT2D eigenvalue weighted by atomic mass is 16.1. The topological polar surface area (TPSA) is 73.8 Å². The van der Waals surface area contributed by atoms with Crippen molar-refractivity contribution in [1.82, 2.24) is 14.5 Å². The van der Waals surface area contributed by atoms with E-state index in [9.17, 15) is 4.79 Å². The maximum atomic E-state index is 11.8. The van der Waals surface area contributed by atoms with Crippen molar-refractivity contribution in [2.75, 3.05) is 5.73 Å². The fourth-order valence-corrected chi connectivity index (χ4v) is 2.64. The third-order valence-electron chi connectivity index (χ3n) is 4.05. The molecule has 2 heterocycles. The van der Waals surface area contributed by atoms with Crippen LogP contribution in [0.4, 0.5) is 5.95 Å². The largest absolute Gasteiger partial charge is 0.369 e. The Hall–Kier alpha value is -2.95. The fourth-order valence-electron chi connectivity index (χ4n) is 2.64. The minimum atomic E-state index is -0.133. The summed E-state index contributed by atoms with van der Waals surface area (Å²) in [5, 5.41) is 0. The second-order valence-corrected chi connectivity index (χ2v) is 5.86. The molecule has 5 nitrogen and oxygen atoms in total. The molecule has 0 unspecified atom stereocenters. The van der Waals surface area contributed by atoms with Gasteiger partial charge in [-0.3, -0.25) is 14.3 Å². The van der Waals surface area contributed by atoms with Gasteiger partial charge in [0.2, 0.25) is 5.95 Å². The lowest BCUT2D eigenvalue weighted by Gasteiger charge is -2.07. The summed E-state index contributed by atoms with van der Waals surface area (Å²) < 4.78 is 1.34. The summed E-state index contributed by atoms with van der Waals surface area (Å²) in [6, 6.07) is 14.0. The first kappa shape index (κ1) is 15.9. The van der Waals surface area contributed by atoms with Crippen molar-refractivity contribution < 1.29 is 0 Å². The predicted octanol–water partition coefficient (Wildman–Crippen LogP) is 2.13. The zero-order valence-corrected chi connectivity index (χ0v) is 13.6. The van der Waals surface area contributed by atoms with Crippen LogP contribution in [0.2, 0.25) is 0 Å². The summed E-state index contributed by atoms with van der Waals surface area (Å²) in [6.07, 6.45) is 6.17. The smallest absolute Gasteiger partial charge is 0.254 e. The number of pyridine rings is 1. The van der Waals surface area contributed by atoms with Crippen LogP contribution in [0, 0.1) is 0 Å². The van der Waals surface area contributed by atoms with Crippen molar-refractivity contribution in [3.63, 3.8) is 0 Å². The Morgan fingerprint density at radius 1 is 1.00 bits per heavy atom. The van der Waals surface area contributed by atoms with Gasteiger partial charge in [0.1, 0.15) is 0 Å². The Labute approximate surface area is 140 Å². The van der Waals surface area contributed by atoms with E-state index >= 15 is 0 Å². The van der Waals surface area contributed by atoms with Gasteiger partial charge < -0.3 is 5.73 Å². The molecule has 0 atom stereocenters. The van der Waals surface area contributed by atoms with Gasteiger partial charge in [0, 0.05) is 31.9 Å². The third-order valence-corrected chi connectivity index (χ3v) is 4.05. The molecule has 0 saturated heterocycles. The van der Waals surface area contributed by atoms with Crippen LogP contribution in [0.1, 0.15) is 22.4 Å². The zero-order chi connectivity index (χ0) is 16.9. The molecule has 0 amide bonds. The number of aromatic nitrogens is 3. The van der Waals surface area contributed by atoms with Gasteiger partial charge in [0.05, 0.1) is 5.69 Å². The van der Waals surface area contributed by atoms with Crippen molar-refractivity contribution in [2.24, 2.45) is 7.05 Å². The molecule has 0 fully saturated rings. The third kappa shape index (κ3) is 3.87. The molecule has 3 rings (SSSR count). The van der Waals surface area contributed by atoms with Crippen LogP contribution in [-0.2, 0) is 26.3 Å². The number of rotatable bonds is 5. The Bertz CT molecular complexity index is 887. The van der Waals surface area contributed by atoms with Gasteiger partial charge in [0.15, 0.2) is 0 Å². The molecule has 0 spiro atoms. The number of aryl methyl sites for hydroxylation is 2. The maximum Gasteiger partial charge on any atom is 0.254 e. The molecule has 0 aliphatic heterocycles. The average Bonchev–Trinajstić information content (AvgIpc) is 2.59. The van der Waals surface area contributed by atoms with E-state index in [0.29, 0.717) is 12.1 Å². The molecule has 1 aromatic carbocycles. The lowest BCUT2D eigenvalue weighted by Crippen LogP contribution is -2.21. The lowest BCUT2D eigenvalue weighted by atomic mass is 10.0. The first-order chi connectivity index (χ1) is 11.6. The maximum absolute atomic E-state index is 11.8. The van der Waals surface area contributed by atoms with E-state index in [0.717, 1.165) is 18.4 Å². The number of nitrogens with zero attached hydrogens (tertiary/aromatic N) is 3. The normalized spacial score (nSPS) is 10.7. The Morgan fingerprint density at radius 3 is 2.46 bits per heavy atom. The van der Waals surface area contributed by atoms with Crippen molar-refractivity contribution in [1.29, 1.82) is 0 Å². The molecule has 0 radical (unpaired) electrons. The highest BCUT2D eigenvalue weighted by Gasteiger charge is 2.05. The van der Waals surface area contributed by atoms with E-state index in [-0.39, 0.29) is 11.5 Å². The van der Waals surface area contributed by atoms with Gasteiger partial charge in [-0.1, -0.05) is 24.3 Å². The van der Waals surface area contributed by atoms with Crippen LogP contribution in [0.25, 0.3) is 0 Å². The van der Waals surface area contributed by atoms with Crippen molar-refractivity contribution in [3.05, 3.63) is 87.6 Å². The number of hydrogen-bond acceptors (Lipinski definition) is 4. The molecule has 0 aliphatic rings. The molecule has 24 heavy (non-hydrogen) atoms. The quantitative estimate of drug-likeness (QED) is 0.781. The zero-order valence-electron chi connectivity index (χ0n) is 13.6. The van der Waals surface area contributed by atoms with Crippen molar-refractivity contribution in [2.45, 2.75) is 19.3 Å². The van der Waals surface area contributed by atoms with Crippen LogP contribution in [0.15, 0.2) is 59.7 Å². The van der Waals surface area contributed by atoms with E-state index < -0.39 is 0 Å². The Morgan fingerprint density at radius 2 is 1.71 bits per heavy atom. The first-order valence-corrected chi connectivity index (χ1v) is 7.91. The van der Waals surface area contributed by atoms with E-state index in [4.69, 9.17) is 5.73 Å². The predicted molar refractivity (Wildman–Crippen MR) is 94.8 cm³/mol. The van der Waals surface area contributed by atoms with Crippen molar-refractivity contribution >= 4 is 5.95 Å². The first-order valence-electron chi connectivity index (χ1n) is 7.91. The molecule has 2 aromatic heterocycles. The molecule has 0 aliphatic carbocycles. The summed E-state index contributed by atoms with van der Waals surface area (Å²) in [5.41, 5.74) is 9.99. The summed E-state index contributed by atoms with van der Waals surface area (Å²) in [7, 11) is 1.62. The van der Waals surface area contributed by atoms with Crippen LogP contribution in [0.5, 0.6) is 0 Å². The highest BCUT2D eigenvalue weighted by molar-refractivity contribution is 5.29. The second kappa shape index (κ2) is 7.08. The van der Waals surface area contributed by atoms with E-state index in [1.807, 2.05) is 36.7 Å². The monoisotopic (exact) mass is 320 g/mol. The van der Waals surface area contributed by atoms with E-state index in [1.165, 1.54) is 15.7 Å². The van der Waals surface area contributed by atoms with Gasteiger partial charge in [-0.05, 0) is 41.7 Å². The highest BCUT2D eigenvalue weighted by Crippen LogP contribution is 2.12. The summed E-state index contributed by atoms with van der Waals surface area (Å²) >= 11 is 0. The average molecular weight is 320 g/mol. The van der Waals surface area contributed by atoms with Gasteiger partial charge in [-0.2, -0.15) is 0 Å². The minimum Gasteiger partial charge on any atom is -0.369 e. The van der Waals surface area contributed by atoms with Crippen LogP contribution < -0.4 is 11.3 Å². The Kier molecular flexibility index (Phi) is 4.70. The molecule has 0 saturated carbocycles. The van der Waals surface area contributed by atoms with Gasteiger partial charge in [-0.15, -0.1) is 0 Å². The van der Waals surface area contributed by atoms with Crippen LogP contribution >= 0.6 is 0 Å². The number of benzene rings is 1. The SMILES string of the molecule is Cn1c(N)nc(Cc2cccc(CCc3ccncc3)c2)cc1=O. The lowest BCUT2D eigenvalue weighted by molar-refractivity contribution is 0.824. The van der Waals surface area contributed by atoms with Gasteiger partial charge in [0.25, 0.3) is 5.56 Å². The molecule has 3 aromatic rings. The second-order valence-electron chi connectivity index (χ2n) is 5.86. The Balaban J connectivity index is 1.72. The van der Waals surface area contributed by atoms with Gasteiger partial charge >= 0.3 is 0 Å². The van der Waals surface area contributed by atoms with E-state index in [2.05, 4.69) is 22.1 Å². The molecular weight excluding hydrogens is 300 g/mol. The summed E-state index contributed by atoms with van der Waals surface area (Å²) in [6.45, 7) is 0. The number of anilines is 1. The van der Waals surface area contributed by atoms with Crippen LogP contribution in [0.3, 0.4) is 0 Å². The van der Waals surface area contributed by atoms with Crippen LogP contribution in [-0.4, -0.2) is 14.5 Å². The minimum absolute atomic E-state index is 0.133. The molecule has 2 N–H and O–H groups in total. The molecular formula is C19H20N4O. The van der Waals surface area contributed by atoms with Crippen molar-refractivity contribution in [3.8, 4) is 0 Å². The fraction of sp³-hybridized carbons (Fsp3) is 0.211. The van der Waals surface area contributed by atoms with Gasteiger partial charge in [-0.25, -0.2) is 4.98 Å². The number of hydrogen-bond donors (Lipinski definition) is 1. The summed E-state index contributed by atoms with van der Waals surface area (Å²) in [5.74, 6) is 0.242. The summed E-state index contributed by atoms with van der Waals surface area (Å²) in [4.78, 5) is 20.1.